The van der Waals surface area contributed by atoms with Gasteiger partial charge < -0.3 is 14.0 Å². The van der Waals surface area contributed by atoms with Gasteiger partial charge in [-0.25, -0.2) is 4.79 Å². The zero-order valence-corrected chi connectivity index (χ0v) is 10.4. The molecule has 0 aliphatic heterocycles. The molecule has 0 saturated carbocycles. The van der Waals surface area contributed by atoms with Gasteiger partial charge in [0.1, 0.15) is 6.10 Å². The fourth-order valence-electron chi connectivity index (χ4n) is 1.39. The number of hydrogen-bond donors (Lipinski definition) is 0. The molecule has 6 heteroatoms. The maximum absolute atomic E-state index is 11.3. The zero-order chi connectivity index (χ0) is 12.7. The summed E-state index contributed by atoms with van der Waals surface area (Å²) in [5.74, 6) is -0.322. The van der Waals surface area contributed by atoms with E-state index in [1.807, 2.05) is 13.8 Å². The van der Waals surface area contributed by atoms with Gasteiger partial charge in [-0.2, -0.15) is 4.98 Å². The monoisotopic (exact) mass is 242 g/mol. The van der Waals surface area contributed by atoms with Crippen LogP contribution in [0.1, 0.15) is 56.2 Å². The number of carbonyl (C=O) groups excluding carboxylic acids is 1. The number of hydrogen-bond acceptors (Lipinski definition) is 6. The van der Waals surface area contributed by atoms with Crippen molar-refractivity contribution in [3.05, 3.63) is 11.7 Å². The number of nitrogens with zero attached hydrogens (tertiary/aromatic N) is 2. The van der Waals surface area contributed by atoms with Crippen LogP contribution >= 0.6 is 0 Å². The fourth-order valence-corrected chi connectivity index (χ4v) is 1.39. The van der Waals surface area contributed by atoms with E-state index in [1.165, 1.54) is 0 Å². The van der Waals surface area contributed by atoms with Crippen LogP contribution in [-0.2, 0) is 9.47 Å². The minimum absolute atomic E-state index is 0.123. The molecule has 0 aliphatic rings. The molecule has 1 rings (SSSR count). The summed E-state index contributed by atoms with van der Waals surface area (Å²) in [7, 11) is 0. The third kappa shape index (κ3) is 3.81. The first-order valence-electron chi connectivity index (χ1n) is 5.85. The number of carbonyl (C=O) groups is 1. The van der Waals surface area contributed by atoms with E-state index in [4.69, 9.17) is 14.0 Å². The Morgan fingerprint density at radius 2 is 2.12 bits per heavy atom. The second-order valence-electron chi connectivity index (χ2n) is 3.41. The van der Waals surface area contributed by atoms with E-state index in [0.717, 1.165) is 12.8 Å². The highest BCUT2D eigenvalue weighted by Gasteiger charge is 2.21. The van der Waals surface area contributed by atoms with Crippen LogP contribution in [0.2, 0.25) is 0 Å². The lowest BCUT2D eigenvalue weighted by Crippen LogP contribution is -2.08. The van der Waals surface area contributed by atoms with E-state index < -0.39 is 5.97 Å². The molecular weight excluding hydrogens is 224 g/mol. The minimum Gasteiger partial charge on any atom is -0.459 e. The van der Waals surface area contributed by atoms with Gasteiger partial charge in [-0.05, 0) is 20.3 Å². The molecule has 0 aliphatic carbocycles. The summed E-state index contributed by atoms with van der Waals surface area (Å²) >= 11 is 0. The Labute approximate surface area is 100 Å². The average Bonchev–Trinajstić information content (AvgIpc) is 2.78. The topological polar surface area (TPSA) is 74.5 Å². The SMILES string of the molecule is CCCC(OCC)c1noc(C(=O)OCC)n1. The minimum atomic E-state index is -0.599. The van der Waals surface area contributed by atoms with Gasteiger partial charge in [-0.3, -0.25) is 0 Å². The van der Waals surface area contributed by atoms with Crippen molar-refractivity contribution < 1.29 is 18.8 Å². The molecule has 0 N–H and O–H groups in total. The van der Waals surface area contributed by atoms with Crippen LogP contribution in [0, 0.1) is 0 Å². The molecule has 0 aromatic carbocycles. The third-order valence-corrected chi connectivity index (χ3v) is 2.10. The van der Waals surface area contributed by atoms with Crippen molar-refractivity contribution in [1.82, 2.24) is 10.1 Å². The summed E-state index contributed by atoms with van der Waals surface area (Å²) in [6, 6.07) is 0. The summed E-state index contributed by atoms with van der Waals surface area (Å²) in [5.41, 5.74) is 0. The highest BCUT2D eigenvalue weighted by Crippen LogP contribution is 2.19. The van der Waals surface area contributed by atoms with Crippen molar-refractivity contribution in [1.29, 1.82) is 0 Å². The first-order chi connectivity index (χ1) is 8.22. The van der Waals surface area contributed by atoms with Gasteiger partial charge in [0.25, 0.3) is 0 Å². The van der Waals surface area contributed by atoms with E-state index in [-0.39, 0.29) is 18.6 Å². The van der Waals surface area contributed by atoms with Gasteiger partial charge in [0.2, 0.25) is 5.82 Å². The molecule has 6 nitrogen and oxygen atoms in total. The molecule has 17 heavy (non-hydrogen) atoms. The molecule has 0 radical (unpaired) electrons. The van der Waals surface area contributed by atoms with Crippen molar-refractivity contribution >= 4 is 5.97 Å². The Bertz CT molecular complexity index is 345. The quantitative estimate of drug-likeness (QED) is 0.682. The average molecular weight is 242 g/mol. The summed E-state index contributed by atoms with van der Waals surface area (Å²) in [6.45, 7) is 6.50. The first kappa shape index (κ1) is 13.6. The molecular formula is C11H18N2O4. The Kier molecular flexibility index (Phi) is 5.62. The number of esters is 1. The lowest BCUT2D eigenvalue weighted by atomic mass is 10.2. The molecule has 0 bridgehead atoms. The van der Waals surface area contributed by atoms with Crippen molar-refractivity contribution in [2.75, 3.05) is 13.2 Å². The second-order valence-corrected chi connectivity index (χ2v) is 3.41. The van der Waals surface area contributed by atoms with Gasteiger partial charge in [0, 0.05) is 6.61 Å². The smallest absolute Gasteiger partial charge is 0.397 e. The predicted octanol–water partition coefficient (Wildman–Crippen LogP) is 2.12. The summed E-state index contributed by atoms with van der Waals surface area (Å²) in [4.78, 5) is 15.3. The Balaban J connectivity index is 2.73. The summed E-state index contributed by atoms with van der Waals surface area (Å²) in [5, 5.41) is 3.75. The predicted molar refractivity (Wildman–Crippen MR) is 59.5 cm³/mol. The van der Waals surface area contributed by atoms with Crippen LogP contribution in [0.3, 0.4) is 0 Å². The van der Waals surface area contributed by atoms with Crippen molar-refractivity contribution in [3.63, 3.8) is 0 Å². The van der Waals surface area contributed by atoms with Crippen molar-refractivity contribution in [2.45, 2.75) is 39.7 Å². The second kappa shape index (κ2) is 7.01. The third-order valence-electron chi connectivity index (χ3n) is 2.10. The Morgan fingerprint density at radius 1 is 1.35 bits per heavy atom. The van der Waals surface area contributed by atoms with E-state index in [1.54, 1.807) is 6.92 Å². The molecule has 1 atom stereocenters. The van der Waals surface area contributed by atoms with E-state index in [9.17, 15) is 4.79 Å². The van der Waals surface area contributed by atoms with Crippen LogP contribution in [0.4, 0.5) is 0 Å². The van der Waals surface area contributed by atoms with Crippen LogP contribution in [0.25, 0.3) is 0 Å². The summed E-state index contributed by atoms with van der Waals surface area (Å²) < 4.78 is 15.1. The Morgan fingerprint density at radius 3 is 2.71 bits per heavy atom. The van der Waals surface area contributed by atoms with Crippen LogP contribution in [0.5, 0.6) is 0 Å². The lowest BCUT2D eigenvalue weighted by Gasteiger charge is -2.10. The molecule has 1 unspecified atom stereocenters. The largest absolute Gasteiger partial charge is 0.459 e. The maximum atomic E-state index is 11.3. The van der Waals surface area contributed by atoms with Crippen LogP contribution in [-0.4, -0.2) is 29.3 Å². The fraction of sp³-hybridized carbons (Fsp3) is 0.727. The van der Waals surface area contributed by atoms with Crippen LogP contribution in [0.15, 0.2) is 4.52 Å². The highest BCUT2D eigenvalue weighted by atomic mass is 16.6. The number of aromatic nitrogens is 2. The molecule has 1 aromatic heterocycles. The van der Waals surface area contributed by atoms with E-state index in [2.05, 4.69) is 10.1 Å². The molecule has 0 saturated heterocycles. The van der Waals surface area contributed by atoms with Crippen molar-refractivity contribution in [3.8, 4) is 0 Å². The van der Waals surface area contributed by atoms with E-state index in [0.29, 0.717) is 12.4 Å². The molecule has 0 fully saturated rings. The van der Waals surface area contributed by atoms with Gasteiger partial charge in [-0.1, -0.05) is 18.5 Å². The zero-order valence-electron chi connectivity index (χ0n) is 10.4. The Hall–Kier alpha value is -1.43. The maximum Gasteiger partial charge on any atom is 0.397 e. The molecule has 96 valence electrons. The van der Waals surface area contributed by atoms with Gasteiger partial charge in [0.05, 0.1) is 6.61 Å². The highest BCUT2D eigenvalue weighted by molar-refractivity contribution is 5.83. The molecule has 1 aromatic rings. The summed E-state index contributed by atoms with van der Waals surface area (Å²) in [6.07, 6.45) is 1.50. The lowest BCUT2D eigenvalue weighted by molar-refractivity contribution is 0.0464. The van der Waals surface area contributed by atoms with E-state index >= 15 is 0 Å². The number of rotatable bonds is 7. The molecule has 0 amide bonds. The van der Waals surface area contributed by atoms with Gasteiger partial charge >= 0.3 is 11.9 Å². The van der Waals surface area contributed by atoms with Crippen LogP contribution < -0.4 is 0 Å². The first-order valence-corrected chi connectivity index (χ1v) is 5.85. The standard InChI is InChI=1S/C11H18N2O4/c1-4-7-8(15-5-2)9-12-10(17-13-9)11(14)16-6-3/h8H,4-7H2,1-3H3. The molecule has 1 heterocycles. The normalized spacial score (nSPS) is 12.4. The van der Waals surface area contributed by atoms with Crippen molar-refractivity contribution in [2.24, 2.45) is 0 Å². The van der Waals surface area contributed by atoms with Gasteiger partial charge in [0.15, 0.2) is 0 Å². The van der Waals surface area contributed by atoms with Gasteiger partial charge in [-0.15, -0.1) is 0 Å². The molecule has 0 spiro atoms. The number of ether oxygens (including phenoxy) is 2.